The molecule has 2 aromatic rings. The summed E-state index contributed by atoms with van der Waals surface area (Å²) in [4.78, 5) is 13.1. The van der Waals surface area contributed by atoms with Crippen molar-refractivity contribution in [2.45, 2.75) is 32.2 Å². The minimum atomic E-state index is -3.49. The van der Waals surface area contributed by atoms with E-state index in [1.165, 1.54) is 16.9 Å². The lowest BCUT2D eigenvalue weighted by Crippen LogP contribution is -2.11. The molecule has 0 saturated carbocycles. The number of nitrogens with zero attached hydrogens (tertiary/aromatic N) is 3. The molecule has 7 nitrogen and oxygen atoms in total. The number of nitriles is 1. The summed E-state index contributed by atoms with van der Waals surface area (Å²) < 4.78 is 30.8. The van der Waals surface area contributed by atoms with Gasteiger partial charge in [0.15, 0.2) is 16.4 Å². The first-order valence-corrected chi connectivity index (χ1v) is 10.00. The van der Waals surface area contributed by atoms with Crippen LogP contribution in [0.2, 0.25) is 5.02 Å². The van der Waals surface area contributed by atoms with Gasteiger partial charge in [-0.25, -0.2) is 13.1 Å². The molecule has 0 unspecified atom stereocenters. The Kier molecular flexibility index (Phi) is 5.74. The molecule has 1 aromatic carbocycles. The van der Waals surface area contributed by atoms with Gasteiger partial charge in [-0.3, -0.25) is 4.79 Å². The Morgan fingerprint density at radius 3 is 2.58 bits per heavy atom. The number of hydrogen-bond acceptors (Lipinski definition) is 6. The van der Waals surface area contributed by atoms with Gasteiger partial charge < -0.3 is 4.74 Å². The summed E-state index contributed by atoms with van der Waals surface area (Å²) in [5.74, 6) is -0.272. The fraction of sp³-hybridized carbons (Fsp3) is 0.353. The van der Waals surface area contributed by atoms with Gasteiger partial charge in [0, 0.05) is 18.4 Å². The molecule has 1 aromatic heterocycles. The van der Waals surface area contributed by atoms with Gasteiger partial charge in [0.05, 0.1) is 16.1 Å². The number of ether oxygens (including phenoxy) is 1. The molecule has 0 bridgehead atoms. The Morgan fingerprint density at radius 1 is 1.38 bits per heavy atom. The van der Waals surface area contributed by atoms with Gasteiger partial charge in [-0.2, -0.15) is 10.4 Å². The van der Waals surface area contributed by atoms with Crippen LogP contribution >= 0.6 is 11.6 Å². The Hall–Kier alpha value is -2.37. The Morgan fingerprint density at radius 2 is 2.04 bits per heavy atom. The van der Waals surface area contributed by atoms with E-state index in [2.05, 4.69) is 5.10 Å². The number of ketones is 1. The van der Waals surface area contributed by atoms with Gasteiger partial charge in [-0.05, 0) is 38.0 Å². The van der Waals surface area contributed by atoms with Crippen molar-refractivity contribution in [3.63, 3.8) is 0 Å². The van der Waals surface area contributed by atoms with Crippen LogP contribution in [0.3, 0.4) is 0 Å². The van der Waals surface area contributed by atoms with Crippen LogP contribution in [0, 0.1) is 25.2 Å². The predicted octanol–water partition coefficient (Wildman–Crippen LogP) is 2.71. The van der Waals surface area contributed by atoms with Gasteiger partial charge in [0.25, 0.3) is 0 Å². The van der Waals surface area contributed by atoms with Crippen molar-refractivity contribution in [2.75, 3.05) is 12.9 Å². The van der Waals surface area contributed by atoms with Crippen LogP contribution in [-0.2, 0) is 16.4 Å². The third-order valence-electron chi connectivity index (χ3n) is 3.85. The molecule has 138 valence electrons. The lowest BCUT2D eigenvalue weighted by molar-refractivity contribution is 0.103. The monoisotopic (exact) mass is 395 g/mol. The number of carbonyl (C=O) groups excluding carboxylic acids is 1. The normalized spacial score (nSPS) is 11.2. The third kappa shape index (κ3) is 3.59. The van der Waals surface area contributed by atoms with E-state index in [-0.39, 0.29) is 33.5 Å². The fourth-order valence-electron chi connectivity index (χ4n) is 2.83. The van der Waals surface area contributed by atoms with Crippen molar-refractivity contribution in [1.82, 2.24) is 9.78 Å². The van der Waals surface area contributed by atoms with Crippen LogP contribution in [0.25, 0.3) is 0 Å². The average Bonchev–Trinajstić information content (AvgIpc) is 2.97. The molecule has 0 atom stereocenters. The summed E-state index contributed by atoms with van der Waals surface area (Å²) in [6, 6.07) is 3.30. The topological polar surface area (TPSA) is 102 Å². The fourth-order valence-corrected chi connectivity index (χ4v) is 4.42. The summed E-state index contributed by atoms with van der Waals surface area (Å²) in [5.41, 5.74) is 1.07. The first kappa shape index (κ1) is 19.9. The first-order valence-electron chi connectivity index (χ1n) is 7.73. The molecule has 0 saturated heterocycles. The Balaban J connectivity index is 2.63. The minimum absolute atomic E-state index is 0.0662. The number of hydrogen-bond donors (Lipinski definition) is 0. The number of aryl methyl sites for hydroxylation is 2. The predicted molar refractivity (Wildman–Crippen MR) is 96.5 cm³/mol. The number of sulfone groups is 1. The van der Waals surface area contributed by atoms with Crippen LogP contribution in [0.4, 0.5) is 0 Å². The van der Waals surface area contributed by atoms with Crippen LogP contribution in [-0.4, -0.2) is 36.8 Å². The van der Waals surface area contributed by atoms with E-state index in [1.54, 1.807) is 13.8 Å². The number of carbonyl (C=O) groups is 1. The van der Waals surface area contributed by atoms with Crippen LogP contribution in [0.5, 0.6) is 5.88 Å². The van der Waals surface area contributed by atoms with Crippen molar-refractivity contribution in [3.8, 4) is 11.9 Å². The zero-order valence-electron chi connectivity index (χ0n) is 14.8. The maximum atomic E-state index is 13.0. The maximum absolute atomic E-state index is 13.0. The average molecular weight is 396 g/mol. The number of benzene rings is 1. The summed E-state index contributed by atoms with van der Waals surface area (Å²) in [5, 5.41) is 12.9. The van der Waals surface area contributed by atoms with Gasteiger partial charge in [-0.15, -0.1) is 0 Å². The summed E-state index contributed by atoms with van der Waals surface area (Å²) >= 11 is 6.31. The number of aromatic nitrogens is 2. The van der Waals surface area contributed by atoms with Crippen molar-refractivity contribution in [1.29, 1.82) is 5.26 Å². The Bertz CT molecular complexity index is 1020. The van der Waals surface area contributed by atoms with Gasteiger partial charge in [0.2, 0.25) is 11.7 Å². The second-order valence-electron chi connectivity index (χ2n) is 5.74. The number of halogens is 1. The molecule has 1 heterocycles. The molecule has 9 heteroatoms. The highest BCUT2D eigenvalue weighted by molar-refractivity contribution is 7.90. The first-order chi connectivity index (χ1) is 12.1. The second-order valence-corrected chi connectivity index (χ2v) is 8.07. The molecule has 0 N–H and O–H groups in total. The van der Waals surface area contributed by atoms with Crippen LogP contribution in [0.1, 0.15) is 34.0 Å². The Labute approximate surface area is 157 Å². The molecular weight excluding hydrogens is 378 g/mol. The lowest BCUT2D eigenvalue weighted by atomic mass is 10.0. The third-order valence-corrected chi connectivity index (χ3v) is 5.71. The SMILES string of the molecule is CCn1ncc(C(=O)c2cc(C)c(S(C)(=O)=O)c(C)c2Cl)c1OCC#N. The number of rotatable bonds is 6. The van der Waals surface area contributed by atoms with Crippen molar-refractivity contribution < 1.29 is 17.9 Å². The molecule has 0 spiro atoms. The minimum Gasteiger partial charge on any atom is -0.462 e. The van der Waals surface area contributed by atoms with E-state index in [9.17, 15) is 13.2 Å². The second kappa shape index (κ2) is 7.48. The molecule has 26 heavy (non-hydrogen) atoms. The molecule has 2 rings (SSSR count). The van der Waals surface area contributed by atoms with E-state index in [4.69, 9.17) is 21.6 Å². The van der Waals surface area contributed by atoms with Crippen molar-refractivity contribution in [2.24, 2.45) is 0 Å². The van der Waals surface area contributed by atoms with Gasteiger partial charge >= 0.3 is 0 Å². The zero-order chi connectivity index (χ0) is 19.6. The van der Waals surface area contributed by atoms with Gasteiger partial charge in [0.1, 0.15) is 11.6 Å². The summed E-state index contributed by atoms with van der Waals surface area (Å²) in [6.07, 6.45) is 2.45. The molecule has 0 amide bonds. The van der Waals surface area contributed by atoms with Crippen LogP contribution in [0.15, 0.2) is 17.2 Å². The smallest absolute Gasteiger partial charge is 0.224 e. The van der Waals surface area contributed by atoms with Crippen LogP contribution < -0.4 is 4.74 Å². The maximum Gasteiger partial charge on any atom is 0.224 e. The van der Waals surface area contributed by atoms with E-state index >= 15 is 0 Å². The molecular formula is C17H18ClN3O4S. The molecule has 0 fully saturated rings. The molecule has 0 radical (unpaired) electrons. The van der Waals surface area contributed by atoms with Crippen molar-refractivity contribution >= 4 is 27.2 Å². The highest BCUT2D eigenvalue weighted by Gasteiger charge is 2.26. The summed E-state index contributed by atoms with van der Waals surface area (Å²) in [7, 11) is -3.49. The molecule has 0 aliphatic heterocycles. The molecule has 0 aliphatic carbocycles. The highest BCUT2D eigenvalue weighted by atomic mass is 35.5. The standard InChI is InChI=1S/C17H18ClN3O4S/c1-5-21-17(25-7-6-19)13(9-20-21)15(22)12-8-10(2)16(26(4,23)24)11(3)14(12)18/h8-9H,5,7H2,1-4H3. The lowest BCUT2D eigenvalue weighted by Gasteiger charge is -2.14. The quantitative estimate of drug-likeness (QED) is 0.697. The zero-order valence-corrected chi connectivity index (χ0v) is 16.4. The van der Waals surface area contributed by atoms with Gasteiger partial charge in [-0.1, -0.05) is 11.6 Å². The largest absolute Gasteiger partial charge is 0.462 e. The molecule has 0 aliphatic rings. The highest BCUT2D eigenvalue weighted by Crippen LogP contribution is 2.33. The van der Waals surface area contributed by atoms with E-state index in [0.717, 1.165) is 6.26 Å². The van der Waals surface area contributed by atoms with Crippen molar-refractivity contribution in [3.05, 3.63) is 39.5 Å². The van der Waals surface area contributed by atoms with E-state index in [1.807, 2.05) is 13.0 Å². The van der Waals surface area contributed by atoms with E-state index in [0.29, 0.717) is 17.7 Å². The van der Waals surface area contributed by atoms with E-state index < -0.39 is 15.6 Å². The summed E-state index contributed by atoms with van der Waals surface area (Å²) in [6.45, 7) is 5.21.